The molecule has 6 heteroatoms. The molecule has 0 saturated heterocycles. The highest BCUT2D eigenvalue weighted by molar-refractivity contribution is 6.31. The van der Waals surface area contributed by atoms with Crippen molar-refractivity contribution in [3.8, 4) is 11.5 Å². The first-order valence-corrected chi connectivity index (χ1v) is 10.2. The van der Waals surface area contributed by atoms with Gasteiger partial charge in [-0.2, -0.15) is 0 Å². The molecule has 0 bridgehead atoms. The molecule has 2 N–H and O–H groups in total. The molecule has 30 heavy (non-hydrogen) atoms. The van der Waals surface area contributed by atoms with Gasteiger partial charge < -0.3 is 20.1 Å². The van der Waals surface area contributed by atoms with E-state index >= 15 is 0 Å². The molecule has 156 valence electrons. The second-order valence-electron chi connectivity index (χ2n) is 6.71. The van der Waals surface area contributed by atoms with Gasteiger partial charge in [-0.25, -0.2) is 0 Å². The Hall–Kier alpha value is -3.18. The molecule has 1 amide bonds. The molecule has 0 atom stereocenters. The third kappa shape index (κ3) is 6.16. The molecule has 0 aliphatic rings. The van der Waals surface area contributed by atoms with Crippen molar-refractivity contribution < 1.29 is 14.3 Å². The maximum atomic E-state index is 11.1. The number of hydrogen-bond acceptors (Lipinski definition) is 4. The minimum Gasteiger partial charge on any atom is -0.490 e. The Morgan fingerprint density at radius 2 is 1.60 bits per heavy atom. The van der Waals surface area contributed by atoms with Gasteiger partial charge in [0.1, 0.15) is 6.61 Å². The van der Waals surface area contributed by atoms with Crippen molar-refractivity contribution in [2.24, 2.45) is 0 Å². The van der Waals surface area contributed by atoms with E-state index in [4.69, 9.17) is 21.1 Å². The number of anilines is 2. The molecule has 3 aromatic rings. The fourth-order valence-electron chi connectivity index (χ4n) is 2.90. The summed E-state index contributed by atoms with van der Waals surface area (Å²) in [6.07, 6.45) is 0. The zero-order valence-electron chi connectivity index (χ0n) is 17.1. The van der Waals surface area contributed by atoms with Crippen LogP contribution >= 0.6 is 11.6 Å². The van der Waals surface area contributed by atoms with Gasteiger partial charge in [-0.05, 0) is 48.4 Å². The second-order valence-corrected chi connectivity index (χ2v) is 7.12. The normalized spacial score (nSPS) is 10.4. The lowest BCUT2D eigenvalue weighted by Gasteiger charge is -2.16. The number of benzene rings is 3. The van der Waals surface area contributed by atoms with Crippen LogP contribution in [0.4, 0.5) is 11.4 Å². The van der Waals surface area contributed by atoms with Crippen molar-refractivity contribution in [1.29, 1.82) is 0 Å². The Labute approximate surface area is 182 Å². The smallest absolute Gasteiger partial charge is 0.221 e. The van der Waals surface area contributed by atoms with Gasteiger partial charge in [-0.1, -0.05) is 41.9 Å². The van der Waals surface area contributed by atoms with E-state index in [0.29, 0.717) is 36.3 Å². The summed E-state index contributed by atoms with van der Waals surface area (Å²) in [4.78, 5) is 11.1. The number of amides is 1. The van der Waals surface area contributed by atoms with Crippen molar-refractivity contribution in [3.63, 3.8) is 0 Å². The lowest BCUT2D eigenvalue weighted by Crippen LogP contribution is -2.06. The van der Waals surface area contributed by atoms with Crippen LogP contribution in [-0.2, 0) is 17.9 Å². The highest BCUT2D eigenvalue weighted by atomic mass is 35.5. The Morgan fingerprint density at radius 1 is 0.933 bits per heavy atom. The lowest BCUT2D eigenvalue weighted by molar-refractivity contribution is -0.114. The molecule has 0 spiro atoms. The summed E-state index contributed by atoms with van der Waals surface area (Å²) < 4.78 is 11.7. The van der Waals surface area contributed by atoms with E-state index in [9.17, 15) is 4.79 Å². The predicted molar refractivity (Wildman–Crippen MR) is 121 cm³/mol. The number of nitrogens with one attached hydrogen (secondary N) is 2. The second kappa shape index (κ2) is 10.6. The van der Waals surface area contributed by atoms with E-state index < -0.39 is 0 Å². The van der Waals surface area contributed by atoms with Crippen LogP contribution in [0, 0.1) is 0 Å². The fourth-order valence-corrected chi connectivity index (χ4v) is 3.12. The summed E-state index contributed by atoms with van der Waals surface area (Å²) in [7, 11) is 0. The highest BCUT2D eigenvalue weighted by Crippen LogP contribution is 2.34. The summed E-state index contributed by atoms with van der Waals surface area (Å²) in [5.74, 6) is 1.19. The van der Waals surface area contributed by atoms with Crippen molar-refractivity contribution in [2.75, 3.05) is 17.2 Å². The number of hydrogen-bond donors (Lipinski definition) is 2. The molecule has 0 unspecified atom stereocenters. The van der Waals surface area contributed by atoms with Crippen LogP contribution < -0.4 is 20.1 Å². The van der Waals surface area contributed by atoms with Gasteiger partial charge in [0, 0.05) is 35.9 Å². The highest BCUT2D eigenvalue weighted by Gasteiger charge is 2.12. The van der Waals surface area contributed by atoms with Crippen molar-refractivity contribution >= 4 is 28.9 Å². The molecule has 3 rings (SSSR count). The van der Waals surface area contributed by atoms with Gasteiger partial charge in [-0.3, -0.25) is 4.79 Å². The molecule has 0 heterocycles. The van der Waals surface area contributed by atoms with Gasteiger partial charge in [0.2, 0.25) is 5.91 Å². The number of rotatable bonds is 9. The van der Waals surface area contributed by atoms with Crippen LogP contribution in [0.2, 0.25) is 5.02 Å². The first kappa shape index (κ1) is 21.5. The molecule has 0 aromatic heterocycles. The summed E-state index contributed by atoms with van der Waals surface area (Å²) in [6.45, 7) is 4.91. The molecule has 3 aromatic carbocycles. The van der Waals surface area contributed by atoms with Gasteiger partial charge in [0.05, 0.1) is 6.61 Å². The SMILES string of the molecule is CCOc1cc(CNc2ccc(NC(C)=O)cc2)c(Cl)cc1OCc1ccccc1. The zero-order valence-corrected chi connectivity index (χ0v) is 17.8. The van der Waals surface area contributed by atoms with Gasteiger partial charge in [0.15, 0.2) is 11.5 Å². The quantitative estimate of drug-likeness (QED) is 0.449. The molecular weight excluding hydrogens is 400 g/mol. The monoisotopic (exact) mass is 424 g/mol. The third-order valence-electron chi connectivity index (χ3n) is 4.34. The summed E-state index contributed by atoms with van der Waals surface area (Å²) in [5, 5.41) is 6.68. The summed E-state index contributed by atoms with van der Waals surface area (Å²) >= 11 is 6.51. The maximum Gasteiger partial charge on any atom is 0.221 e. The van der Waals surface area contributed by atoms with E-state index in [1.807, 2.05) is 67.6 Å². The average Bonchev–Trinajstić information content (AvgIpc) is 2.74. The van der Waals surface area contributed by atoms with E-state index in [-0.39, 0.29) is 5.91 Å². The summed E-state index contributed by atoms with van der Waals surface area (Å²) in [5.41, 5.74) is 3.65. The van der Waals surface area contributed by atoms with Crippen molar-refractivity contribution in [2.45, 2.75) is 27.0 Å². The van der Waals surface area contributed by atoms with E-state index in [1.54, 1.807) is 6.07 Å². The standard InChI is InChI=1S/C24H25ClN2O3/c1-3-29-23-13-19(15-26-20-9-11-21(12-10-20)27-17(2)28)22(25)14-24(23)30-16-18-7-5-4-6-8-18/h4-14,26H,3,15-16H2,1-2H3,(H,27,28). The molecule has 0 radical (unpaired) electrons. The van der Waals surface area contributed by atoms with Crippen molar-refractivity contribution in [1.82, 2.24) is 0 Å². The molecular formula is C24H25ClN2O3. The van der Waals surface area contributed by atoms with Crippen LogP contribution in [0.3, 0.4) is 0 Å². The minimum atomic E-state index is -0.0967. The first-order chi connectivity index (χ1) is 14.5. The number of ether oxygens (including phenoxy) is 2. The van der Waals surface area contributed by atoms with E-state index in [0.717, 1.165) is 22.5 Å². The van der Waals surface area contributed by atoms with Crippen LogP contribution in [0.1, 0.15) is 25.0 Å². The van der Waals surface area contributed by atoms with Crippen LogP contribution in [0.5, 0.6) is 11.5 Å². The Kier molecular flexibility index (Phi) is 7.57. The van der Waals surface area contributed by atoms with Crippen LogP contribution in [0.15, 0.2) is 66.7 Å². The maximum absolute atomic E-state index is 11.1. The van der Waals surface area contributed by atoms with Gasteiger partial charge >= 0.3 is 0 Å². The first-order valence-electron chi connectivity index (χ1n) is 9.78. The lowest BCUT2D eigenvalue weighted by atomic mass is 10.2. The van der Waals surface area contributed by atoms with Crippen LogP contribution in [-0.4, -0.2) is 12.5 Å². The summed E-state index contributed by atoms with van der Waals surface area (Å²) in [6, 6.07) is 21.2. The van der Waals surface area contributed by atoms with E-state index in [1.165, 1.54) is 6.92 Å². The predicted octanol–water partition coefficient (Wildman–Crippen LogP) is 5.89. The molecule has 0 aliphatic carbocycles. The minimum absolute atomic E-state index is 0.0967. The molecule has 0 aliphatic heterocycles. The number of carbonyl (C=O) groups excluding carboxylic acids is 1. The topological polar surface area (TPSA) is 59.6 Å². The fraction of sp³-hybridized carbons (Fsp3) is 0.208. The Morgan fingerprint density at radius 3 is 2.27 bits per heavy atom. The zero-order chi connectivity index (χ0) is 21.3. The Balaban J connectivity index is 1.68. The van der Waals surface area contributed by atoms with Gasteiger partial charge in [-0.15, -0.1) is 0 Å². The number of halogens is 1. The average molecular weight is 425 g/mol. The van der Waals surface area contributed by atoms with Gasteiger partial charge in [0.25, 0.3) is 0 Å². The van der Waals surface area contributed by atoms with Crippen molar-refractivity contribution in [3.05, 3.63) is 82.9 Å². The molecule has 0 saturated carbocycles. The largest absolute Gasteiger partial charge is 0.490 e. The third-order valence-corrected chi connectivity index (χ3v) is 4.69. The van der Waals surface area contributed by atoms with Crippen LogP contribution in [0.25, 0.3) is 0 Å². The molecule has 5 nitrogen and oxygen atoms in total. The van der Waals surface area contributed by atoms with E-state index in [2.05, 4.69) is 10.6 Å². The Bertz CT molecular complexity index is 976. The number of carbonyl (C=O) groups is 1. The molecule has 0 fully saturated rings.